The Kier molecular flexibility index (Phi) is 8.58. The summed E-state index contributed by atoms with van der Waals surface area (Å²) in [5.74, 6) is 1.25. The summed E-state index contributed by atoms with van der Waals surface area (Å²) in [6.07, 6.45) is 2.23. The number of carbonyl (C=O) groups excluding carboxylic acids is 2. The first kappa shape index (κ1) is 21.2. The summed E-state index contributed by atoms with van der Waals surface area (Å²) in [5.41, 5.74) is 0.562. The van der Waals surface area contributed by atoms with E-state index in [1.54, 1.807) is 18.2 Å². The van der Waals surface area contributed by atoms with Gasteiger partial charge in [-0.25, -0.2) is 0 Å². The zero-order chi connectivity index (χ0) is 19.6. The number of ether oxygens (including phenoxy) is 2. The normalized spacial score (nSPS) is 16.9. The van der Waals surface area contributed by atoms with Gasteiger partial charge in [0.05, 0.1) is 13.2 Å². The van der Waals surface area contributed by atoms with Gasteiger partial charge in [-0.1, -0.05) is 13.8 Å². The topological polar surface area (TPSA) is 67.9 Å². The smallest absolute Gasteiger partial charge is 0.223 e. The van der Waals surface area contributed by atoms with Gasteiger partial charge in [0.1, 0.15) is 0 Å². The minimum absolute atomic E-state index is 0.0436. The first-order valence-electron chi connectivity index (χ1n) is 9.99. The summed E-state index contributed by atoms with van der Waals surface area (Å²) in [4.78, 5) is 26.8. The maximum absolute atomic E-state index is 12.6. The van der Waals surface area contributed by atoms with Crippen molar-refractivity contribution < 1.29 is 19.1 Å². The number of benzene rings is 1. The fraction of sp³-hybridized carbons (Fsp3) is 0.619. The number of amides is 1. The van der Waals surface area contributed by atoms with Crippen LogP contribution in [0.5, 0.6) is 11.5 Å². The largest absolute Gasteiger partial charge is 0.490 e. The molecule has 1 aromatic carbocycles. The monoisotopic (exact) mass is 376 g/mol. The molecule has 1 unspecified atom stereocenters. The van der Waals surface area contributed by atoms with E-state index in [1.165, 1.54) is 0 Å². The highest BCUT2D eigenvalue weighted by atomic mass is 16.5. The van der Waals surface area contributed by atoms with Crippen LogP contribution in [0.2, 0.25) is 0 Å². The molecule has 0 radical (unpaired) electrons. The Bertz CT molecular complexity index is 633. The molecule has 0 spiro atoms. The van der Waals surface area contributed by atoms with Crippen LogP contribution < -0.4 is 14.8 Å². The number of nitrogens with one attached hydrogen (secondary N) is 1. The quantitative estimate of drug-likeness (QED) is 0.636. The van der Waals surface area contributed by atoms with Crippen LogP contribution in [0.1, 0.15) is 56.8 Å². The summed E-state index contributed by atoms with van der Waals surface area (Å²) in [6.45, 7) is 9.52. The Morgan fingerprint density at radius 1 is 1.11 bits per heavy atom. The maximum Gasteiger partial charge on any atom is 0.223 e. The molecule has 1 amide bonds. The average Bonchev–Trinajstić information content (AvgIpc) is 2.68. The number of carbonyl (C=O) groups is 2. The lowest BCUT2D eigenvalue weighted by Crippen LogP contribution is -2.51. The molecule has 1 atom stereocenters. The maximum atomic E-state index is 12.6. The van der Waals surface area contributed by atoms with E-state index < -0.39 is 0 Å². The lowest BCUT2D eigenvalue weighted by atomic mass is 10.0. The Balaban J connectivity index is 1.96. The summed E-state index contributed by atoms with van der Waals surface area (Å²) in [6, 6.07) is 5.57. The molecule has 1 saturated heterocycles. The fourth-order valence-corrected chi connectivity index (χ4v) is 3.02. The number of nitrogens with zero attached hydrogens (tertiary/aromatic N) is 1. The highest BCUT2D eigenvalue weighted by Crippen LogP contribution is 2.29. The molecule has 150 valence electrons. The zero-order valence-electron chi connectivity index (χ0n) is 16.8. The molecule has 0 saturated carbocycles. The second-order valence-electron chi connectivity index (χ2n) is 6.98. The van der Waals surface area contributed by atoms with Crippen LogP contribution >= 0.6 is 0 Å². The molecule has 27 heavy (non-hydrogen) atoms. The lowest BCUT2D eigenvalue weighted by Gasteiger charge is -2.31. The highest BCUT2D eigenvalue weighted by Gasteiger charge is 2.21. The molecule has 0 bridgehead atoms. The predicted molar refractivity (Wildman–Crippen MR) is 106 cm³/mol. The minimum atomic E-state index is -0.0464. The number of rotatable bonds is 10. The van der Waals surface area contributed by atoms with Gasteiger partial charge < -0.3 is 19.7 Å². The third-order valence-corrected chi connectivity index (χ3v) is 4.48. The van der Waals surface area contributed by atoms with Gasteiger partial charge in [0.15, 0.2) is 17.3 Å². The molecule has 1 heterocycles. The van der Waals surface area contributed by atoms with Crippen molar-refractivity contribution in [3.8, 4) is 11.5 Å². The van der Waals surface area contributed by atoms with E-state index in [2.05, 4.69) is 12.2 Å². The van der Waals surface area contributed by atoms with E-state index in [4.69, 9.17) is 9.47 Å². The van der Waals surface area contributed by atoms with Crippen LogP contribution in [0.3, 0.4) is 0 Å². The van der Waals surface area contributed by atoms with E-state index >= 15 is 0 Å². The highest BCUT2D eigenvalue weighted by molar-refractivity contribution is 5.98. The van der Waals surface area contributed by atoms with Gasteiger partial charge in [-0.3, -0.25) is 9.59 Å². The van der Waals surface area contributed by atoms with Gasteiger partial charge in [0.25, 0.3) is 0 Å². The van der Waals surface area contributed by atoms with Crippen molar-refractivity contribution in [3.63, 3.8) is 0 Å². The molecule has 1 aromatic rings. The van der Waals surface area contributed by atoms with Gasteiger partial charge in [-0.05, 0) is 38.0 Å². The van der Waals surface area contributed by atoms with Crippen LogP contribution in [0.15, 0.2) is 18.2 Å². The number of Topliss-reactive ketones (excluding diaryl/α,β-unsaturated/α-hetero) is 1. The summed E-state index contributed by atoms with van der Waals surface area (Å²) >= 11 is 0. The van der Waals surface area contributed by atoms with Crippen molar-refractivity contribution in [1.82, 2.24) is 10.2 Å². The van der Waals surface area contributed by atoms with Crippen molar-refractivity contribution in [3.05, 3.63) is 23.8 Å². The predicted octanol–water partition coefficient (Wildman–Crippen LogP) is 3.05. The second-order valence-corrected chi connectivity index (χ2v) is 6.98. The van der Waals surface area contributed by atoms with Gasteiger partial charge in [-0.2, -0.15) is 0 Å². The zero-order valence-corrected chi connectivity index (χ0v) is 16.8. The van der Waals surface area contributed by atoms with Gasteiger partial charge >= 0.3 is 0 Å². The summed E-state index contributed by atoms with van der Waals surface area (Å²) in [7, 11) is 0. The van der Waals surface area contributed by atoms with Crippen LogP contribution in [-0.2, 0) is 4.79 Å². The number of hydrogen-bond donors (Lipinski definition) is 1. The first-order valence-corrected chi connectivity index (χ1v) is 9.99. The molecule has 1 fully saturated rings. The molecule has 6 nitrogen and oxygen atoms in total. The first-order chi connectivity index (χ1) is 13.0. The van der Waals surface area contributed by atoms with Crippen LogP contribution in [-0.4, -0.2) is 55.5 Å². The molecule has 0 aromatic heterocycles. The summed E-state index contributed by atoms with van der Waals surface area (Å²) < 4.78 is 11.5. The Morgan fingerprint density at radius 3 is 2.48 bits per heavy atom. The fourth-order valence-electron chi connectivity index (χ4n) is 3.02. The van der Waals surface area contributed by atoms with E-state index in [9.17, 15) is 9.59 Å². The van der Waals surface area contributed by atoms with Crippen LogP contribution in [0.4, 0.5) is 0 Å². The molecular weight excluding hydrogens is 344 g/mol. The van der Waals surface area contributed by atoms with E-state index in [0.29, 0.717) is 49.4 Å². The number of ketones is 1. The standard InChI is InChI=1S/C21H32N2O4/c1-4-12-26-19-8-6-17(14-20(19)27-13-5-2)18(24)7-9-21(25)23-11-10-22-16(3)15-23/h6,8,14,16,22H,4-5,7,9-13,15H2,1-3H3. The van der Waals surface area contributed by atoms with Crippen molar-refractivity contribution in [2.45, 2.75) is 52.5 Å². The SMILES string of the molecule is CCCOc1ccc(C(=O)CCC(=O)N2CCNC(C)C2)cc1OCCC. The third-order valence-electron chi connectivity index (χ3n) is 4.48. The van der Waals surface area contributed by atoms with Gasteiger partial charge in [0.2, 0.25) is 5.91 Å². The van der Waals surface area contributed by atoms with E-state index in [-0.39, 0.29) is 24.5 Å². The lowest BCUT2D eigenvalue weighted by molar-refractivity contribution is -0.132. The molecule has 0 aliphatic carbocycles. The number of hydrogen-bond acceptors (Lipinski definition) is 5. The van der Waals surface area contributed by atoms with Crippen molar-refractivity contribution in [2.24, 2.45) is 0 Å². The van der Waals surface area contributed by atoms with Gasteiger partial charge in [0, 0.05) is 44.1 Å². The Morgan fingerprint density at radius 2 is 1.81 bits per heavy atom. The molecule has 1 aliphatic rings. The van der Waals surface area contributed by atoms with E-state index in [0.717, 1.165) is 19.4 Å². The molecule has 2 rings (SSSR count). The Hall–Kier alpha value is -2.08. The third kappa shape index (κ3) is 6.54. The molecule has 1 N–H and O–H groups in total. The van der Waals surface area contributed by atoms with Crippen molar-refractivity contribution >= 4 is 11.7 Å². The second kappa shape index (κ2) is 10.9. The van der Waals surface area contributed by atoms with Crippen molar-refractivity contribution in [1.29, 1.82) is 0 Å². The minimum Gasteiger partial charge on any atom is -0.490 e. The number of piperazine rings is 1. The Labute approximate surface area is 162 Å². The summed E-state index contributed by atoms with van der Waals surface area (Å²) in [5, 5.41) is 3.31. The van der Waals surface area contributed by atoms with Crippen LogP contribution in [0, 0.1) is 0 Å². The van der Waals surface area contributed by atoms with E-state index in [1.807, 2.05) is 18.7 Å². The van der Waals surface area contributed by atoms with Crippen LogP contribution in [0.25, 0.3) is 0 Å². The van der Waals surface area contributed by atoms with Crippen molar-refractivity contribution in [2.75, 3.05) is 32.8 Å². The molecule has 6 heteroatoms. The average molecular weight is 376 g/mol. The molecular formula is C21H32N2O4. The molecule has 1 aliphatic heterocycles. The van der Waals surface area contributed by atoms with Gasteiger partial charge in [-0.15, -0.1) is 0 Å².